The lowest BCUT2D eigenvalue weighted by atomic mass is 9.94. The number of aliphatic hydroxyl groups excluding tert-OH is 1. The molecule has 5 N–H and O–H groups in total. The minimum Gasteiger partial charge on any atom is -0.394 e. The fourth-order valence-electron chi connectivity index (χ4n) is 11.6. The molecule has 0 radical (unpaired) electrons. The van der Waals surface area contributed by atoms with E-state index >= 15 is 0 Å². The Morgan fingerprint density at radius 1 is 0.653 bits per heavy atom. The van der Waals surface area contributed by atoms with Crippen LogP contribution < -0.4 is 21.3 Å². The van der Waals surface area contributed by atoms with Crippen LogP contribution in [0.1, 0.15) is 134 Å². The number of nitrogens with zero attached hydrogens (tertiary/aromatic N) is 5. The number of Topliss-reactive ketones (excluding diaryl/α,β-unsaturated/α-hetero) is 3. The first-order valence-electron chi connectivity index (χ1n) is 32.6. The smallest absolute Gasteiger partial charge is 0.248 e. The molecule has 0 spiro atoms. The molecule has 0 unspecified atom stereocenters. The third-order valence-electron chi connectivity index (χ3n) is 17.3. The largest absolute Gasteiger partial charge is 0.394 e. The second kappa shape index (κ2) is 39.1. The number of sulfone groups is 2. The quantitative estimate of drug-likeness (QED) is 0.126. The summed E-state index contributed by atoms with van der Waals surface area (Å²) < 4.78 is 49.8. The van der Waals surface area contributed by atoms with Gasteiger partial charge >= 0.3 is 0 Å². The van der Waals surface area contributed by atoms with Crippen molar-refractivity contribution in [1.82, 2.24) is 45.8 Å². The molecule has 528 valence electrons. The number of benzene rings is 2. The van der Waals surface area contributed by atoms with Gasteiger partial charge in [0.05, 0.1) is 30.7 Å². The molecule has 9 amide bonds. The first kappa shape index (κ1) is 80.3. The van der Waals surface area contributed by atoms with Gasteiger partial charge in [-0.15, -0.1) is 0 Å². The minimum atomic E-state index is -3.74. The zero-order valence-electron chi connectivity index (χ0n) is 56.1. The van der Waals surface area contributed by atoms with E-state index < -0.39 is 195 Å². The molecule has 2 saturated heterocycles. The summed E-state index contributed by atoms with van der Waals surface area (Å²) in [4.78, 5) is 176. The van der Waals surface area contributed by atoms with Crippen LogP contribution in [-0.4, -0.2) is 238 Å². The molecule has 2 aliphatic heterocycles. The lowest BCUT2D eigenvalue weighted by molar-refractivity contribution is -0.151. The molecule has 2 aliphatic rings. The molecule has 0 aromatic heterocycles. The number of halogens is 1. The summed E-state index contributed by atoms with van der Waals surface area (Å²) in [6.07, 6.45) is 4.28. The zero-order chi connectivity index (χ0) is 70.7. The lowest BCUT2D eigenvalue weighted by Crippen LogP contribution is -2.59. The van der Waals surface area contributed by atoms with Crippen LogP contribution in [0.2, 0.25) is 5.02 Å². The van der Waals surface area contributed by atoms with Crippen LogP contribution in [0.5, 0.6) is 0 Å². The van der Waals surface area contributed by atoms with Gasteiger partial charge in [-0.05, 0) is 61.8 Å². The van der Waals surface area contributed by atoms with E-state index in [0.717, 1.165) is 59.3 Å². The molecular formula is C66H98ClN9O17S2. The Labute approximate surface area is 563 Å². The molecular weight excluding hydrogens is 1290 g/mol. The monoisotopic (exact) mass is 1390 g/mol. The number of carbonyl (C=O) groups is 12. The number of hydrogen-bond acceptors (Lipinski definition) is 17. The van der Waals surface area contributed by atoms with Gasteiger partial charge in [0.15, 0.2) is 5.78 Å². The first-order chi connectivity index (χ1) is 44.7. The van der Waals surface area contributed by atoms with Crippen molar-refractivity contribution >= 4 is 102 Å². The van der Waals surface area contributed by atoms with Crippen LogP contribution in [0.15, 0.2) is 54.6 Å². The third-order valence-corrected chi connectivity index (χ3v) is 19.5. The van der Waals surface area contributed by atoms with Gasteiger partial charge in [0.25, 0.3) is 0 Å². The Kier molecular flexibility index (Phi) is 33.1. The first-order valence-corrected chi connectivity index (χ1v) is 37.1. The molecule has 0 saturated carbocycles. The van der Waals surface area contributed by atoms with Gasteiger partial charge < -0.3 is 50.9 Å². The third kappa shape index (κ3) is 27.1. The fraction of sp³-hybridized carbons (Fsp3) is 0.636. The second-order valence-corrected chi connectivity index (χ2v) is 30.2. The van der Waals surface area contributed by atoms with Gasteiger partial charge in [-0.25, -0.2) is 16.8 Å². The van der Waals surface area contributed by atoms with Gasteiger partial charge in [0.1, 0.15) is 61.5 Å². The van der Waals surface area contributed by atoms with E-state index in [4.69, 9.17) is 11.6 Å². The van der Waals surface area contributed by atoms with E-state index in [1.165, 1.54) is 44.9 Å². The SMILES string of the molecule is CCCCCCCCN(C)C(=O)[C@@H]1CC(=O)C[C@@H](C)C(=O)NCCC(=O)N[C@@H](CCS(C)(=O)=O)C(=O)NCC(=O)N(C)[C@@H](Cc2cccc(Cl)c2)C(=O)N2CCC[C@H]2C(=O)CCCC(=O)C[C@@H](CCS(C)(=O)=O)C(=O)N(C)[C@@H](CO)C(=O)N(C)[C@@H](Cc2ccccc2)C(=O)N1. The van der Waals surface area contributed by atoms with E-state index in [1.54, 1.807) is 54.6 Å². The van der Waals surface area contributed by atoms with Crippen LogP contribution in [-0.2, 0) is 90.1 Å². The molecule has 26 nitrogen and oxygen atoms in total. The highest BCUT2D eigenvalue weighted by molar-refractivity contribution is 7.90. The average molecular weight is 1390 g/mol. The van der Waals surface area contributed by atoms with E-state index in [9.17, 15) is 79.5 Å². The number of fused-ring (bicyclic) bond motifs is 1. The van der Waals surface area contributed by atoms with Crippen LogP contribution >= 0.6 is 11.6 Å². The number of amides is 9. The van der Waals surface area contributed by atoms with Crippen molar-refractivity contribution in [3.05, 3.63) is 70.7 Å². The Hall–Kier alpha value is -7.17. The van der Waals surface area contributed by atoms with E-state index in [1.807, 2.05) is 0 Å². The Bertz CT molecular complexity index is 3250. The minimum absolute atomic E-state index is 0.0478. The van der Waals surface area contributed by atoms with Crippen LogP contribution in [0, 0.1) is 11.8 Å². The van der Waals surface area contributed by atoms with Crippen molar-refractivity contribution in [3.63, 3.8) is 0 Å². The Morgan fingerprint density at radius 2 is 1.28 bits per heavy atom. The van der Waals surface area contributed by atoms with Crippen molar-refractivity contribution in [1.29, 1.82) is 0 Å². The maximum Gasteiger partial charge on any atom is 0.248 e. The van der Waals surface area contributed by atoms with Gasteiger partial charge in [0, 0.05) is 129 Å². The fourth-order valence-corrected chi connectivity index (χ4v) is 13.2. The predicted molar refractivity (Wildman–Crippen MR) is 356 cm³/mol. The summed E-state index contributed by atoms with van der Waals surface area (Å²) in [7, 11) is -2.16. The standard InChI is InChI=1S/C66H98ClN9O17S2/c1-9-10-11-12-13-17-32-72(3)64(87)52-41-50(79)36-44(2)60(83)68-31-28-58(81)70-51(30-35-95(8,92)93)61(84)69-42-59(82)73(4)55(39-46-23-18-24-48(67)37-46)66(89)76-33-20-26-53(76)57(80)27-19-25-49(78)40-47(29-34-94(7,90)91)63(86)75(6)56(43-77)65(88)74(5)54(62(85)71-52)38-45-21-15-14-16-22-45/h14-16,18,21-24,37,44,47,51-56,77H,9-13,17,19-20,25-36,38-43H2,1-8H3,(H,68,83)(H,69,84)(H,70,81)(H,71,85)/t44-,47-,51+,52+,53+,54+,55+,56+/m1/s1. The van der Waals surface area contributed by atoms with Crippen molar-refractivity contribution in [2.24, 2.45) is 11.8 Å². The molecule has 2 fully saturated rings. The van der Waals surface area contributed by atoms with Gasteiger partial charge in [-0.3, -0.25) is 57.5 Å². The molecule has 0 aliphatic carbocycles. The number of carbonyl (C=O) groups excluding carboxylic acids is 12. The van der Waals surface area contributed by atoms with Crippen LogP contribution in [0.25, 0.3) is 0 Å². The Morgan fingerprint density at radius 3 is 1.94 bits per heavy atom. The van der Waals surface area contributed by atoms with Crippen molar-refractivity contribution < 1.29 is 79.5 Å². The maximum absolute atomic E-state index is 14.9. The van der Waals surface area contributed by atoms with Crippen LogP contribution in [0.3, 0.4) is 0 Å². The number of ketones is 3. The normalized spacial score (nSPS) is 23.6. The summed E-state index contributed by atoms with van der Waals surface area (Å²) in [5.41, 5.74) is 1.09. The van der Waals surface area contributed by atoms with Gasteiger partial charge in [-0.1, -0.05) is 100 Å². The molecule has 8 atom stereocenters. The maximum atomic E-state index is 14.9. The van der Waals surface area contributed by atoms with Crippen molar-refractivity contribution in [2.45, 2.75) is 172 Å². The second-order valence-electron chi connectivity index (χ2n) is 25.3. The summed E-state index contributed by atoms with van der Waals surface area (Å²) >= 11 is 6.33. The number of likely N-dealkylation sites (N-methyl/N-ethyl adjacent to an activating group) is 4. The van der Waals surface area contributed by atoms with Crippen molar-refractivity contribution in [3.8, 4) is 0 Å². The molecule has 29 heteroatoms. The van der Waals surface area contributed by atoms with E-state index in [0.29, 0.717) is 29.0 Å². The zero-order valence-corrected chi connectivity index (χ0v) is 58.5. The molecule has 0 bridgehead atoms. The van der Waals surface area contributed by atoms with Gasteiger partial charge in [0.2, 0.25) is 53.2 Å². The number of unbranched alkanes of at least 4 members (excludes halogenated alkanes) is 5. The number of aliphatic hydroxyl groups is 1. The van der Waals surface area contributed by atoms with Crippen molar-refractivity contribution in [2.75, 3.05) is 85.0 Å². The molecule has 95 heavy (non-hydrogen) atoms. The van der Waals surface area contributed by atoms with E-state index in [-0.39, 0.29) is 64.6 Å². The predicted octanol–water partition coefficient (Wildman–Crippen LogP) is 2.18. The highest BCUT2D eigenvalue weighted by Gasteiger charge is 2.42. The number of hydrogen-bond donors (Lipinski definition) is 5. The molecule has 2 heterocycles. The number of rotatable bonds is 19. The summed E-state index contributed by atoms with van der Waals surface area (Å²) in [5, 5.41) is 21.4. The summed E-state index contributed by atoms with van der Waals surface area (Å²) in [6.45, 7) is 1.83. The Balaban J connectivity index is 1.75. The average Bonchev–Trinajstić information content (AvgIpc) is 1.81. The topological polar surface area (TPSA) is 358 Å². The van der Waals surface area contributed by atoms with E-state index in [2.05, 4.69) is 28.2 Å². The number of nitrogens with one attached hydrogen (secondary N) is 4. The molecule has 2 aromatic rings. The van der Waals surface area contributed by atoms with Crippen LogP contribution in [0.4, 0.5) is 0 Å². The summed E-state index contributed by atoms with van der Waals surface area (Å²) in [5.74, 6) is -12.3. The molecule has 2 aromatic carbocycles. The molecule has 4 rings (SSSR count). The lowest BCUT2D eigenvalue weighted by Gasteiger charge is -2.35. The highest BCUT2D eigenvalue weighted by Crippen LogP contribution is 2.26. The van der Waals surface area contributed by atoms with Gasteiger partial charge in [-0.2, -0.15) is 0 Å². The summed E-state index contributed by atoms with van der Waals surface area (Å²) in [6, 6.07) is 6.53. The highest BCUT2D eigenvalue weighted by atomic mass is 35.5.